The van der Waals surface area contributed by atoms with Crippen LogP contribution in [0.2, 0.25) is 0 Å². The van der Waals surface area contributed by atoms with Crippen molar-refractivity contribution < 1.29 is 38.1 Å². The van der Waals surface area contributed by atoms with Crippen molar-refractivity contribution in [2.75, 3.05) is 27.4 Å². The van der Waals surface area contributed by atoms with Crippen LogP contribution < -0.4 is 0 Å². The zero-order valence-electron chi connectivity index (χ0n) is 18.6. The summed E-state index contributed by atoms with van der Waals surface area (Å²) < 4.78 is 19.7. The normalized spacial score (nSPS) is 11.0. The first kappa shape index (κ1) is 23.5. The molecule has 2 aromatic carbocycles. The lowest BCUT2D eigenvalue weighted by atomic mass is 10.0. The molecule has 0 heterocycles. The van der Waals surface area contributed by atoms with Crippen molar-refractivity contribution in [1.29, 1.82) is 0 Å². The number of carbonyl (C=O) groups excluding carboxylic acids is 4. The van der Waals surface area contributed by atoms with E-state index in [9.17, 15) is 19.2 Å². The predicted octanol–water partition coefficient (Wildman–Crippen LogP) is 3.32. The fraction of sp³-hybridized carbons (Fsp3) is 0.240. The molecule has 0 fully saturated rings. The molecule has 0 bridgehead atoms. The van der Waals surface area contributed by atoms with Gasteiger partial charge in [-0.3, -0.25) is 0 Å². The Balaban J connectivity index is 2.37. The molecule has 1 aliphatic carbocycles. The highest BCUT2D eigenvalue weighted by molar-refractivity contribution is 6.16. The minimum Gasteiger partial charge on any atom is -0.465 e. The van der Waals surface area contributed by atoms with Gasteiger partial charge in [0.25, 0.3) is 0 Å². The minimum atomic E-state index is -0.897. The average molecular weight is 450 g/mol. The first-order valence-corrected chi connectivity index (χ1v) is 10.2. The van der Waals surface area contributed by atoms with Crippen LogP contribution in [0.5, 0.6) is 0 Å². The third-order valence-corrected chi connectivity index (χ3v) is 4.92. The Bertz CT molecular complexity index is 1130. The second-order valence-corrected chi connectivity index (χ2v) is 6.82. The highest BCUT2D eigenvalue weighted by atomic mass is 16.6. The molecule has 0 saturated heterocycles. The number of hydrogen-bond acceptors (Lipinski definition) is 8. The van der Waals surface area contributed by atoms with Crippen LogP contribution in [0.15, 0.2) is 47.7 Å². The van der Waals surface area contributed by atoms with Crippen LogP contribution in [-0.4, -0.2) is 51.3 Å². The Kier molecular flexibility index (Phi) is 7.10. The second kappa shape index (κ2) is 9.97. The summed E-state index contributed by atoms with van der Waals surface area (Å²) in [5, 5.41) is 0. The van der Waals surface area contributed by atoms with E-state index in [4.69, 9.17) is 18.9 Å². The summed E-state index contributed by atoms with van der Waals surface area (Å²) in [6.45, 7) is 3.31. The summed E-state index contributed by atoms with van der Waals surface area (Å²) in [5.41, 5.74) is 5.79. The first-order chi connectivity index (χ1) is 15.9. The molecular weight excluding hydrogens is 428 g/mol. The zero-order valence-corrected chi connectivity index (χ0v) is 18.6. The Morgan fingerprint density at radius 1 is 0.697 bits per heavy atom. The highest BCUT2D eigenvalue weighted by Gasteiger charge is 2.28. The van der Waals surface area contributed by atoms with E-state index in [0.29, 0.717) is 16.7 Å². The molecule has 33 heavy (non-hydrogen) atoms. The van der Waals surface area contributed by atoms with Gasteiger partial charge in [0.2, 0.25) is 0 Å². The maximum absolute atomic E-state index is 12.5. The standard InChI is InChI=1S/C25H22O8/c1-5-32-24(28)21(25(29)33-6-2)13-20-18-11-14(22(26)30-3)7-9-16(18)17-10-8-15(12-19(17)20)23(27)31-4/h7-12H,5-6H2,1-4H3. The predicted molar refractivity (Wildman–Crippen MR) is 117 cm³/mol. The van der Waals surface area contributed by atoms with Crippen LogP contribution in [0.1, 0.15) is 45.7 Å². The zero-order chi connectivity index (χ0) is 24.1. The Morgan fingerprint density at radius 3 is 1.48 bits per heavy atom. The smallest absolute Gasteiger partial charge is 0.353 e. The van der Waals surface area contributed by atoms with Gasteiger partial charge in [-0.15, -0.1) is 0 Å². The van der Waals surface area contributed by atoms with Gasteiger partial charge in [0.1, 0.15) is 0 Å². The van der Waals surface area contributed by atoms with Crippen molar-refractivity contribution in [1.82, 2.24) is 0 Å². The van der Waals surface area contributed by atoms with Crippen molar-refractivity contribution in [3.63, 3.8) is 0 Å². The molecule has 2 aromatic rings. The van der Waals surface area contributed by atoms with Crippen molar-refractivity contribution in [3.05, 3.63) is 70.0 Å². The van der Waals surface area contributed by atoms with Gasteiger partial charge in [-0.2, -0.15) is 0 Å². The number of ether oxygens (including phenoxy) is 4. The summed E-state index contributed by atoms with van der Waals surface area (Å²) in [6, 6.07) is 9.81. The molecule has 170 valence electrons. The summed E-state index contributed by atoms with van der Waals surface area (Å²) in [6.07, 6.45) is 0. The quantitative estimate of drug-likeness (QED) is 0.141. The molecule has 0 N–H and O–H groups in total. The van der Waals surface area contributed by atoms with E-state index in [1.165, 1.54) is 14.2 Å². The van der Waals surface area contributed by atoms with Gasteiger partial charge in [-0.05, 0) is 60.4 Å². The van der Waals surface area contributed by atoms with Crippen molar-refractivity contribution in [3.8, 4) is 11.1 Å². The van der Waals surface area contributed by atoms with Gasteiger partial charge in [-0.25, -0.2) is 19.2 Å². The van der Waals surface area contributed by atoms with Gasteiger partial charge < -0.3 is 18.9 Å². The van der Waals surface area contributed by atoms with Gasteiger partial charge in [0.05, 0.1) is 38.6 Å². The number of fused-ring (bicyclic) bond motifs is 3. The van der Waals surface area contributed by atoms with Crippen LogP contribution in [0.3, 0.4) is 0 Å². The van der Waals surface area contributed by atoms with Crippen LogP contribution >= 0.6 is 0 Å². The Hall–Kier alpha value is -4.16. The second-order valence-electron chi connectivity index (χ2n) is 6.82. The number of methoxy groups -OCH3 is 2. The van der Waals surface area contributed by atoms with E-state index in [1.54, 1.807) is 50.2 Å². The first-order valence-electron chi connectivity index (χ1n) is 10.2. The number of rotatable bonds is 6. The maximum Gasteiger partial charge on any atom is 0.353 e. The molecule has 3 rings (SSSR count). The molecule has 0 unspecified atom stereocenters. The van der Waals surface area contributed by atoms with Gasteiger partial charge in [0, 0.05) is 5.57 Å². The molecule has 1 aliphatic rings. The molecule has 0 atom stereocenters. The molecule has 0 saturated carbocycles. The number of carbonyl (C=O) groups is 4. The van der Waals surface area contributed by atoms with Gasteiger partial charge in [0.15, 0.2) is 5.57 Å². The summed E-state index contributed by atoms with van der Waals surface area (Å²) in [5.74, 6) is -2.90. The maximum atomic E-state index is 12.5. The Morgan fingerprint density at radius 2 is 1.12 bits per heavy atom. The van der Waals surface area contributed by atoms with Crippen LogP contribution in [-0.2, 0) is 28.5 Å². The topological polar surface area (TPSA) is 105 Å². The van der Waals surface area contributed by atoms with Crippen molar-refractivity contribution in [2.45, 2.75) is 13.8 Å². The van der Waals surface area contributed by atoms with Gasteiger partial charge in [-0.1, -0.05) is 17.9 Å². The summed E-state index contributed by atoms with van der Waals surface area (Å²) in [7, 11) is 2.53. The molecule has 0 radical (unpaired) electrons. The lowest BCUT2D eigenvalue weighted by Gasteiger charge is -2.07. The third kappa shape index (κ3) is 4.56. The molecule has 0 spiro atoms. The number of hydrogen-bond donors (Lipinski definition) is 0. The fourth-order valence-corrected chi connectivity index (χ4v) is 3.46. The lowest BCUT2D eigenvalue weighted by molar-refractivity contribution is -0.146. The summed E-state index contributed by atoms with van der Waals surface area (Å²) >= 11 is 0. The van der Waals surface area contributed by atoms with Crippen LogP contribution in [0.4, 0.5) is 0 Å². The Labute approximate surface area is 190 Å². The van der Waals surface area contributed by atoms with Crippen molar-refractivity contribution >= 4 is 29.5 Å². The SMILES string of the molecule is CCOC(=O)C(=C=C1c2cc(C(=O)OC)ccc2-c2ccc(C(=O)OC)cc21)C(=O)OCC. The molecule has 0 amide bonds. The van der Waals surface area contributed by atoms with E-state index in [1.807, 2.05) is 0 Å². The minimum absolute atomic E-state index is 0.0465. The number of benzene rings is 2. The van der Waals surface area contributed by atoms with E-state index in [2.05, 4.69) is 5.73 Å². The monoisotopic (exact) mass is 450 g/mol. The average Bonchev–Trinajstić information content (AvgIpc) is 3.13. The molecular formula is C25H22O8. The third-order valence-electron chi connectivity index (χ3n) is 4.92. The lowest BCUT2D eigenvalue weighted by Crippen LogP contribution is -2.17. The molecule has 0 aliphatic heterocycles. The largest absolute Gasteiger partial charge is 0.465 e. The fourth-order valence-electron chi connectivity index (χ4n) is 3.46. The summed E-state index contributed by atoms with van der Waals surface area (Å²) in [4.78, 5) is 49.3. The van der Waals surface area contributed by atoms with Crippen molar-refractivity contribution in [2.24, 2.45) is 0 Å². The molecule has 8 nitrogen and oxygen atoms in total. The van der Waals surface area contributed by atoms with E-state index in [-0.39, 0.29) is 24.3 Å². The van der Waals surface area contributed by atoms with E-state index >= 15 is 0 Å². The van der Waals surface area contributed by atoms with Crippen LogP contribution in [0, 0.1) is 0 Å². The highest BCUT2D eigenvalue weighted by Crippen LogP contribution is 2.44. The number of esters is 4. The molecule has 0 aromatic heterocycles. The van der Waals surface area contributed by atoms with E-state index < -0.39 is 29.5 Å². The van der Waals surface area contributed by atoms with E-state index in [0.717, 1.165) is 11.1 Å². The molecule has 8 heteroatoms. The van der Waals surface area contributed by atoms with Gasteiger partial charge >= 0.3 is 23.9 Å². The van der Waals surface area contributed by atoms with Crippen LogP contribution in [0.25, 0.3) is 16.7 Å².